The quantitative estimate of drug-likeness (QED) is 0.386. The smallest absolute Gasteiger partial charge is 0.158 e. The summed E-state index contributed by atoms with van der Waals surface area (Å²) >= 11 is 0. The third-order valence-corrected chi connectivity index (χ3v) is 4.61. The van der Waals surface area contributed by atoms with Crippen LogP contribution in [-0.4, -0.2) is 0 Å². The summed E-state index contributed by atoms with van der Waals surface area (Å²) in [6.07, 6.45) is 0. The van der Waals surface area contributed by atoms with Crippen LogP contribution in [0, 0.1) is 0 Å². The molecule has 2 N–H and O–H groups in total. The second-order valence-corrected chi connectivity index (χ2v) is 6.04. The van der Waals surface area contributed by atoms with E-state index in [0.717, 1.165) is 33.1 Å². The van der Waals surface area contributed by atoms with Gasteiger partial charge in [0.15, 0.2) is 5.58 Å². The fraction of sp³-hybridized carbons (Fsp3) is 0. The molecule has 1 heterocycles. The molecule has 24 heavy (non-hydrogen) atoms. The van der Waals surface area contributed by atoms with Crippen LogP contribution in [0.3, 0.4) is 0 Å². The van der Waals surface area contributed by atoms with Crippen LogP contribution in [0.2, 0.25) is 0 Å². The van der Waals surface area contributed by atoms with E-state index < -0.39 is 0 Å². The van der Waals surface area contributed by atoms with Crippen molar-refractivity contribution < 1.29 is 4.42 Å². The predicted molar refractivity (Wildman–Crippen MR) is 101 cm³/mol. The van der Waals surface area contributed by atoms with Crippen LogP contribution in [0.1, 0.15) is 0 Å². The lowest BCUT2D eigenvalue weighted by Gasteiger charge is -2.06. The van der Waals surface area contributed by atoms with Gasteiger partial charge >= 0.3 is 0 Å². The van der Waals surface area contributed by atoms with E-state index in [-0.39, 0.29) is 0 Å². The van der Waals surface area contributed by atoms with Gasteiger partial charge in [-0.3, -0.25) is 0 Å². The monoisotopic (exact) mass is 309 g/mol. The number of hydrogen-bond donors (Lipinski definition) is 1. The largest absolute Gasteiger partial charge is 0.453 e. The van der Waals surface area contributed by atoms with E-state index in [9.17, 15) is 0 Å². The molecule has 114 valence electrons. The van der Waals surface area contributed by atoms with Gasteiger partial charge in [0.05, 0.1) is 5.69 Å². The standard InChI is InChI=1S/C22H15NO/c23-19-12-6-11-17-20-16-10-5-4-9-15(16)13-18(22(20)24-21(17)19)14-7-2-1-3-8-14/h1-13H,23H2. The Labute approximate surface area is 139 Å². The Morgan fingerprint density at radius 2 is 1.42 bits per heavy atom. The zero-order chi connectivity index (χ0) is 16.1. The van der Waals surface area contributed by atoms with Crippen LogP contribution < -0.4 is 5.73 Å². The number of para-hydroxylation sites is 1. The SMILES string of the molecule is Nc1cccc2c1oc1c(-c3ccccc3)cc3ccccc3c12. The van der Waals surface area contributed by atoms with E-state index in [1.165, 1.54) is 10.8 Å². The lowest BCUT2D eigenvalue weighted by molar-refractivity contribution is 0.671. The van der Waals surface area contributed by atoms with Crippen molar-refractivity contribution in [2.75, 3.05) is 5.73 Å². The summed E-state index contributed by atoms with van der Waals surface area (Å²) in [7, 11) is 0. The maximum atomic E-state index is 6.25. The first-order valence-corrected chi connectivity index (χ1v) is 8.01. The Hall–Kier alpha value is -3.26. The molecular formula is C22H15NO. The number of fused-ring (bicyclic) bond motifs is 5. The van der Waals surface area contributed by atoms with E-state index in [1.807, 2.05) is 30.3 Å². The van der Waals surface area contributed by atoms with Crippen LogP contribution in [0.15, 0.2) is 83.3 Å². The summed E-state index contributed by atoms with van der Waals surface area (Å²) in [6.45, 7) is 0. The summed E-state index contributed by atoms with van der Waals surface area (Å²) in [5, 5.41) is 4.60. The molecule has 0 fully saturated rings. The first kappa shape index (κ1) is 13.2. The molecule has 0 radical (unpaired) electrons. The number of rotatable bonds is 1. The molecule has 0 saturated carbocycles. The van der Waals surface area contributed by atoms with Crippen LogP contribution in [0.5, 0.6) is 0 Å². The molecule has 4 aromatic carbocycles. The van der Waals surface area contributed by atoms with Crippen molar-refractivity contribution in [3.8, 4) is 11.1 Å². The molecule has 0 spiro atoms. The predicted octanol–water partition coefficient (Wildman–Crippen LogP) is 5.99. The molecule has 0 saturated heterocycles. The molecule has 0 aliphatic rings. The van der Waals surface area contributed by atoms with Crippen LogP contribution in [0.4, 0.5) is 5.69 Å². The van der Waals surface area contributed by atoms with Crippen LogP contribution >= 0.6 is 0 Å². The molecule has 0 atom stereocenters. The molecule has 0 aliphatic carbocycles. The summed E-state index contributed by atoms with van der Waals surface area (Å²) in [6, 6.07) is 26.9. The molecular weight excluding hydrogens is 294 g/mol. The highest BCUT2D eigenvalue weighted by Gasteiger charge is 2.16. The number of benzene rings is 4. The molecule has 5 rings (SSSR count). The van der Waals surface area contributed by atoms with Crippen molar-refractivity contribution in [2.45, 2.75) is 0 Å². The maximum Gasteiger partial charge on any atom is 0.158 e. The zero-order valence-electron chi connectivity index (χ0n) is 13.0. The lowest BCUT2D eigenvalue weighted by atomic mass is 9.96. The minimum Gasteiger partial charge on any atom is -0.453 e. The average molecular weight is 309 g/mol. The van der Waals surface area contributed by atoms with Crippen LogP contribution in [0.25, 0.3) is 43.8 Å². The van der Waals surface area contributed by atoms with Gasteiger partial charge < -0.3 is 10.2 Å². The third-order valence-electron chi connectivity index (χ3n) is 4.61. The van der Waals surface area contributed by atoms with Gasteiger partial charge in [-0.05, 0) is 28.5 Å². The van der Waals surface area contributed by atoms with E-state index in [1.54, 1.807) is 0 Å². The summed E-state index contributed by atoms with van der Waals surface area (Å²) in [5.41, 5.74) is 10.7. The van der Waals surface area contributed by atoms with Crippen LogP contribution in [-0.2, 0) is 0 Å². The molecule has 0 unspecified atom stereocenters. The number of anilines is 1. The third kappa shape index (κ3) is 1.77. The van der Waals surface area contributed by atoms with Gasteiger partial charge in [0.2, 0.25) is 0 Å². The van der Waals surface area contributed by atoms with Crippen molar-refractivity contribution in [1.29, 1.82) is 0 Å². The van der Waals surface area contributed by atoms with E-state index in [4.69, 9.17) is 10.2 Å². The molecule has 2 nitrogen and oxygen atoms in total. The van der Waals surface area contributed by atoms with Gasteiger partial charge in [0.25, 0.3) is 0 Å². The van der Waals surface area contributed by atoms with Crippen molar-refractivity contribution in [1.82, 2.24) is 0 Å². The number of furan rings is 1. The highest BCUT2D eigenvalue weighted by atomic mass is 16.3. The van der Waals surface area contributed by atoms with Gasteiger partial charge in [-0.1, -0.05) is 66.7 Å². The topological polar surface area (TPSA) is 39.2 Å². The Morgan fingerprint density at radius 3 is 2.29 bits per heavy atom. The molecule has 0 amide bonds. The highest BCUT2D eigenvalue weighted by molar-refractivity contribution is 6.23. The second kappa shape index (κ2) is 4.87. The van der Waals surface area contributed by atoms with E-state index >= 15 is 0 Å². The summed E-state index contributed by atoms with van der Waals surface area (Å²) in [4.78, 5) is 0. The second-order valence-electron chi connectivity index (χ2n) is 6.04. The lowest BCUT2D eigenvalue weighted by Crippen LogP contribution is -1.83. The fourth-order valence-corrected chi connectivity index (χ4v) is 3.50. The fourth-order valence-electron chi connectivity index (χ4n) is 3.50. The number of nitrogens with two attached hydrogens (primary N) is 1. The normalized spacial score (nSPS) is 11.5. The summed E-state index contributed by atoms with van der Waals surface area (Å²) < 4.78 is 6.25. The van der Waals surface area contributed by atoms with Crippen molar-refractivity contribution >= 4 is 38.4 Å². The zero-order valence-corrected chi connectivity index (χ0v) is 13.0. The first-order valence-electron chi connectivity index (χ1n) is 8.01. The minimum atomic E-state index is 0.673. The van der Waals surface area contributed by atoms with E-state index in [2.05, 4.69) is 48.5 Å². The van der Waals surface area contributed by atoms with Gasteiger partial charge in [-0.2, -0.15) is 0 Å². The van der Waals surface area contributed by atoms with E-state index in [0.29, 0.717) is 5.69 Å². The van der Waals surface area contributed by atoms with Gasteiger partial charge in [0.1, 0.15) is 5.58 Å². The Morgan fingerprint density at radius 1 is 0.667 bits per heavy atom. The van der Waals surface area contributed by atoms with Crippen molar-refractivity contribution in [3.05, 3.63) is 78.9 Å². The van der Waals surface area contributed by atoms with Crippen molar-refractivity contribution in [3.63, 3.8) is 0 Å². The Balaban J connectivity index is 2.06. The Kier molecular flexibility index (Phi) is 2.68. The molecule has 1 aromatic heterocycles. The highest BCUT2D eigenvalue weighted by Crippen LogP contribution is 2.41. The van der Waals surface area contributed by atoms with Gasteiger partial charge in [0, 0.05) is 16.3 Å². The summed E-state index contributed by atoms with van der Waals surface area (Å²) in [5.74, 6) is 0. The molecule has 0 aliphatic heterocycles. The van der Waals surface area contributed by atoms with Gasteiger partial charge in [-0.25, -0.2) is 0 Å². The Bertz CT molecular complexity index is 1200. The van der Waals surface area contributed by atoms with Gasteiger partial charge in [-0.15, -0.1) is 0 Å². The first-order chi connectivity index (χ1) is 11.8. The maximum absolute atomic E-state index is 6.25. The number of hydrogen-bond acceptors (Lipinski definition) is 2. The average Bonchev–Trinajstić information content (AvgIpc) is 3.03. The molecule has 0 bridgehead atoms. The van der Waals surface area contributed by atoms with Crippen molar-refractivity contribution in [2.24, 2.45) is 0 Å². The molecule has 5 aromatic rings. The minimum absolute atomic E-state index is 0.673. The molecule has 2 heteroatoms. The number of nitrogen functional groups attached to an aromatic ring is 1.